The Labute approximate surface area is 293 Å². The summed E-state index contributed by atoms with van der Waals surface area (Å²) in [5.74, 6) is -2.72. The van der Waals surface area contributed by atoms with Crippen molar-refractivity contribution in [2.24, 2.45) is 5.92 Å². The number of rotatable bonds is 9. The molecule has 15 nitrogen and oxygen atoms in total. The van der Waals surface area contributed by atoms with E-state index in [4.69, 9.17) is 23.9 Å². The number of non-ortho nitro benzene ring substituents is 1. The summed E-state index contributed by atoms with van der Waals surface area (Å²) in [5, 5.41) is 14.4. The number of pyridine rings is 2. The van der Waals surface area contributed by atoms with Gasteiger partial charge in [0.1, 0.15) is 18.2 Å². The molecule has 0 saturated heterocycles. The molecule has 0 spiro atoms. The monoisotopic (exact) mass is 714 g/mol. The van der Waals surface area contributed by atoms with Gasteiger partial charge in [-0.1, -0.05) is 6.92 Å². The van der Waals surface area contributed by atoms with Gasteiger partial charge in [0.2, 0.25) is 5.60 Å². The molecular weight excluding hydrogens is 683 g/mol. The number of ether oxygens (including phenoxy) is 4. The van der Waals surface area contributed by atoms with Crippen molar-refractivity contribution in [1.29, 1.82) is 0 Å². The van der Waals surface area contributed by atoms with Crippen LogP contribution in [-0.2, 0) is 53.9 Å². The first-order chi connectivity index (χ1) is 24.8. The van der Waals surface area contributed by atoms with Gasteiger partial charge < -0.3 is 28.8 Å². The Hall–Kier alpha value is -6.19. The number of nitro groups is 1. The molecule has 268 valence electrons. The van der Waals surface area contributed by atoms with Gasteiger partial charge in [0.25, 0.3) is 17.2 Å². The molecule has 0 unspecified atom stereocenters. The highest BCUT2D eigenvalue weighted by Gasteiger charge is 2.51. The molecule has 2 aromatic carbocycles. The van der Waals surface area contributed by atoms with Gasteiger partial charge in [0.05, 0.1) is 33.9 Å². The Kier molecular flexibility index (Phi) is 8.47. The van der Waals surface area contributed by atoms with Crippen LogP contribution < -0.4 is 15.6 Å². The van der Waals surface area contributed by atoms with E-state index in [2.05, 4.69) is 5.32 Å². The molecule has 3 aliphatic rings. The molecule has 52 heavy (non-hydrogen) atoms. The fraction of sp³-hybridized carbons (Fsp3) is 0.333. The normalized spacial score (nSPS) is 17.7. The van der Waals surface area contributed by atoms with Crippen LogP contribution in [0.4, 0.5) is 14.9 Å². The Morgan fingerprint density at radius 1 is 1.15 bits per heavy atom. The average molecular weight is 715 g/mol. The predicted octanol–water partition coefficient (Wildman–Crippen LogP) is 4.62. The maximum absolute atomic E-state index is 14.9. The van der Waals surface area contributed by atoms with E-state index in [1.807, 2.05) is 0 Å². The molecule has 2 aliphatic heterocycles. The molecule has 2 atom stereocenters. The number of aromatic nitrogens is 2. The molecule has 0 radical (unpaired) electrons. The third-order valence-electron chi connectivity index (χ3n) is 9.60. The van der Waals surface area contributed by atoms with Gasteiger partial charge in [-0.2, -0.15) is 0 Å². The van der Waals surface area contributed by atoms with E-state index >= 15 is 0 Å². The molecule has 4 aromatic rings. The highest BCUT2D eigenvalue weighted by atomic mass is 19.1. The zero-order valence-electron chi connectivity index (χ0n) is 28.1. The fourth-order valence-electron chi connectivity index (χ4n) is 6.76. The molecule has 1 N–H and O–H groups in total. The summed E-state index contributed by atoms with van der Waals surface area (Å²) in [7, 11) is 0. The molecule has 1 amide bonds. The zero-order chi connectivity index (χ0) is 37.1. The Bertz CT molecular complexity index is 2280. The highest BCUT2D eigenvalue weighted by Crippen LogP contribution is 2.43. The van der Waals surface area contributed by atoms with Crippen LogP contribution >= 0.6 is 0 Å². The summed E-state index contributed by atoms with van der Waals surface area (Å²) >= 11 is 0. The smallest absolute Gasteiger partial charge is 0.457 e. The van der Waals surface area contributed by atoms with E-state index in [9.17, 15) is 38.5 Å². The molecule has 1 fully saturated rings. The van der Waals surface area contributed by atoms with Crippen molar-refractivity contribution in [3.8, 4) is 17.1 Å². The maximum Gasteiger partial charge on any atom is 0.515 e. The Morgan fingerprint density at radius 3 is 2.54 bits per heavy atom. The number of nitrogens with zero attached hydrogens (tertiary/aromatic N) is 3. The SMILES string of the molecule is CC[C@@]1(OC(=O)Oc2ccc([N+](=O)[O-])cc2)C(=O)OCc2c1cc1n(c2=O)Cc2c-1nc1cc(F)c(C)cc1c2CNC(=O)[C@H](OC(C)=O)C1CC1. The summed E-state index contributed by atoms with van der Waals surface area (Å²) in [6.07, 6.45) is -0.973. The van der Waals surface area contributed by atoms with Crippen molar-refractivity contribution < 1.29 is 47.4 Å². The van der Waals surface area contributed by atoms with E-state index in [1.165, 1.54) is 35.8 Å². The number of nitrogens with one attached hydrogen (secondary N) is 1. The van der Waals surface area contributed by atoms with E-state index in [1.54, 1.807) is 19.9 Å². The van der Waals surface area contributed by atoms with Gasteiger partial charge in [-0.05, 0) is 61.6 Å². The first-order valence-corrected chi connectivity index (χ1v) is 16.5. The molecule has 7 rings (SSSR count). The Balaban J connectivity index is 1.29. The minimum absolute atomic E-state index is 0.00740. The van der Waals surface area contributed by atoms with Crippen LogP contribution in [-0.4, -0.2) is 44.6 Å². The standard InChI is InChI=1S/C36H31FN4O11/c1-4-36(52-35(46)51-21-9-7-20(8-10-21)41(47)48)26-12-29-30-24(15-40(29)33(44)25(26)16-49-34(36)45)23(22-11-17(2)27(37)13-28(22)39-30)14-38-32(43)31(19-5-6-19)50-18(3)42/h7-13,19,31H,4-6,14-16H2,1-3H3,(H,38,43)/t31-,36+/m1/s1. The maximum atomic E-state index is 14.9. The number of hydrogen-bond acceptors (Lipinski definition) is 12. The van der Waals surface area contributed by atoms with Crippen LogP contribution in [0.5, 0.6) is 5.75 Å². The van der Waals surface area contributed by atoms with Gasteiger partial charge in [0.15, 0.2) is 6.10 Å². The second kappa shape index (κ2) is 12.9. The average Bonchev–Trinajstić information content (AvgIpc) is 3.88. The quantitative estimate of drug-likeness (QED) is 0.0733. The number of carbonyl (C=O) groups is 4. The van der Waals surface area contributed by atoms with Gasteiger partial charge in [-0.15, -0.1) is 0 Å². The van der Waals surface area contributed by atoms with Crippen LogP contribution in [0.3, 0.4) is 0 Å². The number of amides is 1. The van der Waals surface area contributed by atoms with Crippen molar-refractivity contribution in [3.63, 3.8) is 0 Å². The van der Waals surface area contributed by atoms with E-state index in [0.717, 1.165) is 25.0 Å². The van der Waals surface area contributed by atoms with Crippen molar-refractivity contribution >= 4 is 40.6 Å². The second-order valence-corrected chi connectivity index (χ2v) is 12.9. The zero-order valence-corrected chi connectivity index (χ0v) is 28.1. The molecule has 16 heteroatoms. The number of nitro benzene ring substituents is 1. The summed E-state index contributed by atoms with van der Waals surface area (Å²) in [4.78, 5) is 80.8. The third kappa shape index (κ3) is 5.88. The number of aryl methyl sites for hydroxylation is 1. The fourth-order valence-corrected chi connectivity index (χ4v) is 6.76. The van der Waals surface area contributed by atoms with Crippen molar-refractivity contribution in [2.75, 3.05) is 0 Å². The summed E-state index contributed by atoms with van der Waals surface area (Å²) in [5.41, 5.74) is -0.557. The molecular formula is C36H31FN4O11. The van der Waals surface area contributed by atoms with E-state index in [-0.39, 0.29) is 64.9 Å². The first-order valence-electron chi connectivity index (χ1n) is 16.5. The predicted molar refractivity (Wildman–Crippen MR) is 177 cm³/mol. The van der Waals surface area contributed by atoms with Gasteiger partial charge in [-0.25, -0.2) is 19.0 Å². The van der Waals surface area contributed by atoms with Gasteiger partial charge in [-0.3, -0.25) is 24.5 Å². The largest absolute Gasteiger partial charge is 0.515 e. The summed E-state index contributed by atoms with van der Waals surface area (Å²) in [6, 6.07) is 9.00. The van der Waals surface area contributed by atoms with Crippen LogP contribution in [0.25, 0.3) is 22.3 Å². The highest BCUT2D eigenvalue weighted by molar-refractivity contribution is 5.91. The van der Waals surface area contributed by atoms with Crippen LogP contribution in [0.1, 0.15) is 60.9 Å². The van der Waals surface area contributed by atoms with Crippen LogP contribution in [0.15, 0.2) is 47.3 Å². The Morgan fingerprint density at radius 2 is 1.88 bits per heavy atom. The minimum atomic E-state index is -2.12. The van der Waals surface area contributed by atoms with Gasteiger partial charge >= 0.3 is 18.1 Å². The third-order valence-corrected chi connectivity index (χ3v) is 9.60. The van der Waals surface area contributed by atoms with Crippen molar-refractivity contribution in [3.05, 3.63) is 96.6 Å². The molecule has 4 heterocycles. The number of carbonyl (C=O) groups excluding carboxylic acids is 4. The lowest BCUT2D eigenvalue weighted by atomic mass is 9.85. The summed E-state index contributed by atoms with van der Waals surface area (Å²) in [6.45, 7) is 3.92. The topological polar surface area (TPSA) is 195 Å². The minimum Gasteiger partial charge on any atom is -0.457 e. The number of cyclic esters (lactones) is 1. The molecule has 0 bridgehead atoms. The van der Waals surface area contributed by atoms with Crippen LogP contribution in [0, 0.1) is 28.8 Å². The lowest BCUT2D eigenvalue weighted by Gasteiger charge is -2.35. The van der Waals surface area contributed by atoms with E-state index in [0.29, 0.717) is 22.1 Å². The molecule has 1 aliphatic carbocycles. The molecule has 1 saturated carbocycles. The molecule has 2 aromatic heterocycles. The number of hydrogen-bond donors (Lipinski definition) is 1. The number of halogens is 1. The van der Waals surface area contributed by atoms with Crippen LogP contribution in [0.2, 0.25) is 0 Å². The second-order valence-electron chi connectivity index (χ2n) is 12.9. The number of esters is 2. The number of fused-ring (bicyclic) bond motifs is 5. The first kappa shape index (κ1) is 34.3. The van der Waals surface area contributed by atoms with Gasteiger partial charge in [0, 0.05) is 54.1 Å². The number of benzene rings is 2. The van der Waals surface area contributed by atoms with Crippen molar-refractivity contribution in [2.45, 2.75) is 71.4 Å². The lowest BCUT2D eigenvalue weighted by Crippen LogP contribution is -2.47. The summed E-state index contributed by atoms with van der Waals surface area (Å²) < 4.78 is 37.9. The lowest BCUT2D eigenvalue weighted by molar-refractivity contribution is -0.384. The van der Waals surface area contributed by atoms with E-state index < -0.39 is 58.6 Å². The van der Waals surface area contributed by atoms with Crippen molar-refractivity contribution in [1.82, 2.24) is 14.9 Å².